The molecule has 3 N–H and O–H groups in total. The van der Waals surface area contributed by atoms with Gasteiger partial charge in [-0.3, -0.25) is 37.3 Å². The maximum Gasteiger partial charge on any atom is 0.472 e. The number of phosphoric ester groups is 2. The summed E-state index contributed by atoms with van der Waals surface area (Å²) in [6.07, 6.45) is 37.8. The minimum Gasteiger partial charge on any atom is -0.462 e. The zero-order valence-corrected chi connectivity index (χ0v) is 54.6. The zero-order chi connectivity index (χ0) is 60.8. The van der Waals surface area contributed by atoms with Gasteiger partial charge in [0.15, 0.2) is 12.2 Å². The van der Waals surface area contributed by atoms with E-state index in [0.717, 1.165) is 108 Å². The SMILES string of the molecule is CCCCCCCCCCCCCC(=O)O[C@H](COC(=O)CCCCCCC)COP(=O)(O)OC[C@H](O)COP(=O)(O)OC[C@@H](COC(=O)CCCCCCCCCCCC(C)C)OC(=O)CCCCCCCCCCCCCC(C)C. The van der Waals surface area contributed by atoms with E-state index in [1.54, 1.807) is 0 Å². The monoisotopic (exact) mass is 1210 g/mol. The molecule has 0 fully saturated rings. The van der Waals surface area contributed by atoms with Crippen molar-refractivity contribution >= 4 is 39.5 Å². The largest absolute Gasteiger partial charge is 0.472 e. The first-order valence-corrected chi connectivity index (χ1v) is 36.0. The molecule has 0 saturated heterocycles. The molecule has 0 bridgehead atoms. The molecule has 0 aromatic rings. The van der Waals surface area contributed by atoms with Gasteiger partial charge in [-0.25, -0.2) is 9.13 Å². The smallest absolute Gasteiger partial charge is 0.462 e. The maximum absolute atomic E-state index is 13.0. The highest BCUT2D eigenvalue weighted by Crippen LogP contribution is 2.45. The number of hydrogen-bond acceptors (Lipinski definition) is 15. The number of unbranched alkanes of at least 4 members (excludes halogenated alkanes) is 32. The second kappa shape index (κ2) is 55.6. The molecule has 0 aromatic carbocycles. The van der Waals surface area contributed by atoms with E-state index in [1.807, 2.05) is 0 Å². The molecule has 0 saturated carbocycles. The van der Waals surface area contributed by atoms with Gasteiger partial charge in [-0.2, -0.15) is 0 Å². The van der Waals surface area contributed by atoms with Gasteiger partial charge in [0, 0.05) is 25.7 Å². The van der Waals surface area contributed by atoms with Gasteiger partial charge in [0.05, 0.1) is 26.4 Å². The Morgan fingerprint density at radius 3 is 0.829 bits per heavy atom. The van der Waals surface area contributed by atoms with Crippen LogP contribution in [-0.2, 0) is 65.4 Å². The van der Waals surface area contributed by atoms with Crippen LogP contribution in [0.3, 0.4) is 0 Å². The molecule has 17 nitrogen and oxygen atoms in total. The number of aliphatic hydroxyl groups is 1. The molecule has 0 radical (unpaired) electrons. The molecule has 0 rings (SSSR count). The second-order valence-corrected chi connectivity index (χ2v) is 26.7. The molecule has 5 atom stereocenters. The van der Waals surface area contributed by atoms with Crippen molar-refractivity contribution in [2.45, 2.75) is 330 Å². The fraction of sp³-hybridized carbons (Fsp3) is 0.937. The van der Waals surface area contributed by atoms with E-state index in [-0.39, 0.29) is 25.7 Å². The number of phosphoric acid groups is 2. The van der Waals surface area contributed by atoms with Crippen molar-refractivity contribution in [3.05, 3.63) is 0 Å². The highest BCUT2D eigenvalue weighted by Gasteiger charge is 2.30. The summed E-state index contributed by atoms with van der Waals surface area (Å²) in [4.78, 5) is 71.9. The van der Waals surface area contributed by atoms with Crippen molar-refractivity contribution < 1.29 is 80.2 Å². The molecular weight excluding hydrogens is 1090 g/mol. The van der Waals surface area contributed by atoms with E-state index in [9.17, 15) is 43.2 Å². The van der Waals surface area contributed by atoms with E-state index in [1.165, 1.54) is 122 Å². The Balaban J connectivity index is 5.18. The number of rotatable bonds is 62. The van der Waals surface area contributed by atoms with Crippen LogP contribution in [0.1, 0.15) is 311 Å². The Labute approximate surface area is 498 Å². The van der Waals surface area contributed by atoms with E-state index in [4.69, 9.17) is 37.0 Å². The second-order valence-electron chi connectivity index (χ2n) is 23.7. The van der Waals surface area contributed by atoms with E-state index < -0.39 is 97.5 Å². The topological polar surface area (TPSA) is 237 Å². The lowest BCUT2D eigenvalue weighted by molar-refractivity contribution is -0.161. The number of carbonyl (C=O) groups is 4. The van der Waals surface area contributed by atoms with Crippen molar-refractivity contribution in [3.63, 3.8) is 0 Å². The van der Waals surface area contributed by atoms with E-state index >= 15 is 0 Å². The highest BCUT2D eigenvalue weighted by molar-refractivity contribution is 7.47. The molecular formula is C63H122O17P2. The molecule has 0 aliphatic heterocycles. The lowest BCUT2D eigenvalue weighted by Gasteiger charge is -2.21. The number of hydrogen-bond donors (Lipinski definition) is 3. The zero-order valence-electron chi connectivity index (χ0n) is 52.8. The Morgan fingerprint density at radius 2 is 0.561 bits per heavy atom. The standard InChI is InChI=1S/C63H122O17P2/c1-7-9-11-13-14-15-17-23-29-35-41-47-62(67)79-58(51-73-60(65)45-39-31-12-10-8-2)53-77-81(69,70)75-49-57(64)50-76-82(71,72)78-54-59(52-74-61(66)46-40-34-28-25-20-22-27-33-38-44-56(5)6)80-63(68)48-42-36-30-24-19-16-18-21-26-32-37-43-55(3)4/h55-59,64H,7-54H2,1-6H3,(H,69,70)(H,71,72)/t57-,58+,59+/m0/s1. The van der Waals surface area contributed by atoms with Gasteiger partial charge in [0.25, 0.3) is 0 Å². The van der Waals surface area contributed by atoms with E-state index in [0.29, 0.717) is 25.7 Å². The summed E-state index contributed by atoms with van der Waals surface area (Å²) in [6.45, 7) is 9.38. The van der Waals surface area contributed by atoms with E-state index in [2.05, 4.69) is 41.5 Å². The van der Waals surface area contributed by atoms with Crippen LogP contribution < -0.4 is 0 Å². The van der Waals surface area contributed by atoms with Crippen LogP contribution in [0.25, 0.3) is 0 Å². The molecule has 19 heteroatoms. The van der Waals surface area contributed by atoms with Gasteiger partial charge >= 0.3 is 39.5 Å². The highest BCUT2D eigenvalue weighted by atomic mass is 31.2. The molecule has 486 valence electrons. The summed E-state index contributed by atoms with van der Waals surface area (Å²) in [7, 11) is -9.88. The van der Waals surface area contributed by atoms with Gasteiger partial charge in [0.2, 0.25) is 0 Å². The van der Waals surface area contributed by atoms with Crippen molar-refractivity contribution in [1.29, 1.82) is 0 Å². The predicted molar refractivity (Wildman–Crippen MR) is 326 cm³/mol. The van der Waals surface area contributed by atoms with Crippen molar-refractivity contribution in [2.75, 3.05) is 39.6 Å². The van der Waals surface area contributed by atoms with Crippen molar-refractivity contribution in [3.8, 4) is 0 Å². The minimum absolute atomic E-state index is 0.106. The van der Waals surface area contributed by atoms with Gasteiger partial charge in [-0.1, -0.05) is 260 Å². The summed E-state index contributed by atoms with van der Waals surface area (Å²) in [5.41, 5.74) is 0. The third-order valence-electron chi connectivity index (χ3n) is 14.5. The summed E-state index contributed by atoms with van der Waals surface area (Å²) >= 11 is 0. The molecule has 0 aliphatic rings. The third kappa shape index (κ3) is 57.2. The minimum atomic E-state index is -4.94. The molecule has 82 heavy (non-hydrogen) atoms. The van der Waals surface area contributed by atoms with Gasteiger partial charge in [-0.05, 0) is 37.5 Å². The molecule has 2 unspecified atom stereocenters. The quantitative estimate of drug-likeness (QED) is 0.0222. The number of esters is 4. The lowest BCUT2D eigenvalue weighted by Crippen LogP contribution is -2.30. The summed E-state index contributed by atoms with van der Waals surface area (Å²) < 4.78 is 67.8. The van der Waals surface area contributed by atoms with Gasteiger partial charge < -0.3 is 33.8 Å². The first kappa shape index (κ1) is 80.1. The van der Waals surface area contributed by atoms with Gasteiger partial charge in [-0.15, -0.1) is 0 Å². The van der Waals surface area contributed by atoms with Crippen LogP contribution in [0, 0.1) is 11.8 Å². The molecule has 0 amide bonds. The number of carbonyl (C=O) groups excluding carboxylic acids is 4. The Kier molecular flexibility index (Phi) is 54.3. The average Bonchev–Trinajstić information content (AvgIpc) is 3.43. The third-order valence-corrected chi connectivity index (χ3v) is 16.4. The normalized spacial score (nSPS) is 14.3. The Morgan fingerprint density at radius 1 is 0.329 bits per heavy atom. The first-order chi connectivity index (χ1) is 39.4. The number of ether oxygens (including phenoxy) is 4. The van der Waals surface area contributed by atoms with Crippen LogP contribution in [0.2, 0.25) is 0 Å². The molecule has 0 aliphatic carbocycles. The van der Waals surface area contributed by atoms with Crippen LogP contribution in [0.4, 0.5) is 0 Å². The maximum atomic E-state index is 13.0. The first-order valence-electron chi connectivity index (χ1n) is 33.0. The van der Waals surface area contributed by atoms with Crippen LogP contribution >= 0.6 is 15.6 Å². The lowest BCUT2D eigenvalue weighted by atomic mass is 10.0. The number of aliphatic hydroxyl groups excluding tert-OH is 1. The Hall–Kier alpha value is -1.94. The fourth-order valence-corrected chi connectivity index (χ4v) is 10.9. The summed E-state index contributed by atoms with van der Waals surface area (Å²) in [6, 6.07) is 0. The summed E-state index contributed by atoms with van der Waals surface area (Å²) in [5.74, 6) is -0.636. The fourth-order valence-electron chi connectivity index (χ4n) is 9.35. The van der Waals surface area contributed by atoms with Crippen LogP contribution in [0.5, 0.6) is 0 Å². The molecule has 0 spiro atoms. The molecule has 0 aromatic heterocycles. The van der Waals surface area contributed by atoms with Crippen LogP contribution in [0.15, 0.2) is 0 Å². The van der Waals surface area contributed by atoms with Crippen molar-refractivity contribution in [1.82, 2.24) is 0 Å². The molecule has 0 heterocycles. The Bertz CT molecular complexity index is 1620. The van der Waals surface area contributed by atoms with Crippen molar-refractivity contribution in [2.24, 2.45) is 11.8 Å². The average molecular weight is 1210 g/mol. The predicted octanol–water partition coefficient (Wildman–Crippen LogP) is 17.3. The van der Waals surface area contributed by atoms with Crippen LogP contribution in [-0.4, -0.2) is 96.7 Å². The summed E-state index contributed by atoms with van der Waals surface area (Å²) in [5, 5.41) is 10.5. The van der Waals surface area contributed by atoms with Gasteiger partial charge in [0.1, 0.15) is 19.3 Å².